The van der Waals surface area contributed by atoms with Crippen LogP contribution in [0.2, 0.25) is 5.02 Å². The minimum absolute atomic E-state index is 0.109. The molecule has 0 spiro atoms. The van der Waals surface area contributed by atoms with Gasteiger partial charge in [-0.3, -0.25) is 9.89 Å². The van der Waals surface area contributed by atoms with Crippen molar-refractivity contribution in [3.8, 4) is 11.3 Å². The minimum Gasteiger partial charge on any atom is -0.272 e. The number of aromatic nitrogens is 2. The molecule has 1 amide bonds. The fraction of sp³-hybridized carbons (Fsp3) is 0.0870. The maximum Gasteiger partial charge on any atom is 0.289 e. The quantitative estimate of drug-likeness (QED) is 0.366. The lowest BCUT2D eigenvalue weighted by Gasteiger charge is -2.06. The summed E-state index contributed by atoms with van der Waals surface area (Å²) in [6.07, 6.45) is 3.28. The second-order valence-corrected chi connectivity index (χ2v) is 7.52. The molecule has 0 bridgehead atoms. The molecular weight excluding hydrogens is 403 g/mol. The maximum atomic E-state index is 13.8. The Kier molecular flexibility index (Phi) is 4.56. The van der Waals surface area contributed by atoms with E-state index < -0.39 is 11.7 Å². The van der Waals surface area contributed by atoms with Crippen molar-refractivity contribution in [1.29, 1.82) is 0 Å². The molecule has 4 aromatic rings. The molecule has 5 nitrogen and oxygen atoms in total. The highest BCUT2D eigenvalue weighted by atomic mass is 35.5. The SMILES string of the molecule is O=C(N/N=C/c1c(F)cccc1Cl)c1cc(-c2ccc3c4c(cccc24)CC3)n[nH]1. The highest BCUT2D eigenvalue weighted by molar-refractivity contribution is 6.33. The molecule has 0 saturated heterocycles. The Hall–Kier alpha value is -3.51. The number of nitrogens with one attached hydrogen (secondary N) is 2. The molecule has 2 N–H and O–H groups in total. The number of benzene rings is 3. The van der Waals surface area contributed by atoms with Gasteiger partial charge in [0.15, 0.2) is 0 Å². The van der Waals surface area contributed by atoms with E-state index in [1.54, 1.807) is 12.1 Å². The summed E-state index contributed by atoms with van der Waals surface area (Å²) in [4.78, 5) is 12.4. The third-order valence-corrected chi connectivity index (χ3v) is 5.66. The first-order chi connectivity index (χ1) is 14.6. The smallest absolute Gasteiger partial charge is 0.272 e. The molecule has 148 valence electrons. The van der Waals surface area contributed by atoms with Gasteiger partial charge in [-0.1, -0.05) is 48.0 Å². The molecule has 0 fully saturated rings. The van der Waals surface area contributed by atoms with Crippen molar-refractivity contribution in [2.75, 3.05) is 0 Å². The molecule has 0 unspecified atom stereocenters. The average Bonchev–Trinajstić information content (AvgIpc) is 3.39. The number of nitrogens with zero attached hydrogens (tertiary/aromatic N) is 2. The van der Waals surface area contributed by atoms with Crippen LogP contribution in [0.3, 0.4) is 0 Å². The summed E-state index contributed by atoms with van der Waals surface area (Å²) in [6, 6.07) is 16.5. The number of hydrazone groups is 1. The first-order valence-corrected chi connectivity index (χ1v) is 9.86. The van der Waals surface area contributed by atoms with Gasteiger partial charge in [-0.05, 0) is 52.9 Å². The zero-order valence-corrected chi connectivity index (χ0v) is 16.5. The van der Waals surface area contributed by atoms with Crippen LogP contribution in [0.1, 0.15) is 27.2 Å². The van der Waals surface area contributed by atoms with Crippen molar-refractivity contribution in [3.63, 3.8) is 0 Å². The molecule has 1 aromatic heterocycles. The molecule has 1 heterocycles. The highest BCUT2D eigenvalue weighted by Crippen LogP contribution is 2.36. The summed E-state index contributed by atoms with van der Waals surface area (Å²) >= 11 is 5.95. The van der Waals surface area contributed by atoms with E-state index in [2.05, 4.69) is 45.0 Å². The molecule has 7 heteroatoms. The third kappa shape index (κ3) is 3.15. The Morgan fingerprint density at radius 1 is 1.13 bits per heavy atom. The predicted octanol–water partition coefficient (Wildman–Crippen LogP) is 4.88. The van der Waals surface area contributed by atoms with Crippen LogP contribution < -0.4 is 5.43 Å². The minimum atomic E-state index is -0.517. The van der Waals surface area contributed by atoms with E-state index in [9.17, 15) is 9.18 Å². The van der Waals surface area contributed by atoms with E-state index in [-0.39, 0.29) is 16.3 Å². The van der Waals surface area contributed by atoms with Crippen LogP contribution in [0.25, 0.3) is 22.0 Å². The van der Waals surface area contributed by atoms with Crippen LogP contribution in [0, 0.1) is 5.82 Å². The molecule has 0 saturated carbocycles. The normalized spacial score (nSPS) is 12.7. The number of aryl methyl sites for hydroxylation is 2. The highest BCUT2D eigenvalue weighted by Gasteiger charge is 2.18. The van der Waals surface area contributed by atoms with Gasteiger partial charge >= 0.3 is 0 Å². The van der Waals surface area contributed by atoms with E-state index in [1.165, 1.54) is 34.9 Å². The summed E-state index contributed by atoms with van der Waals surface area (Å²) < 4.78 is 13.8. The molecule has 0 atom stereocenters. The number of aromatic amines is 1. The number of carbonyl (C=O) groups excluding carboxylic acids is 1. The van der Waals surface area contributed by atoms with E-state index in [0.29, 0.717) is 5.69 Å². The van der Waals surface area contributed by atoms with Gasteiger partial charge in [0.1, 0.15) is 11.5 Å². The lowest BCUT2D eigenvalue weighted by Crippen LogP contribution is -2.18. The topological polar surface area (TPSA) is 70.1 Å². The van der Waals surface area contributed by atoms with Crippen LogP contribution in [0.5, 0.6) is 0 Å². The van der Waals surface area contributed by atoms with Crippen molar-refractivity contribution < 1.29 is 9.18 Å². The first kappa shape index (κ1) is 18.5. The van der Waals surface area contributed by atoms with E-state index in [0.717, 1.165) is 23.8 Å². The number of amides is 1. The number of rotatable bonds is 4. The third-order valence-electron chi connectivity index (χ3n) is 5.33. The second kappa shape index (κ2) is 7.39. The molecule has 3 aromatic carbocycles. The van der Waals surface area contributed by atoms with Crippen molar-refractivity contribution in [1.82, 2.24) is 15.6 Å². The molecule has 0 radical (unpaired) electrons. The van der Waals surface area contributed by atoms with Crippen LogP contribution >= 0.6 is 11.6 Å². The van der Waals surface area contributed by atoms with Crippen molar-refractivity contribution >= 4 is 34.5 Å². The summed E-state index contributed by atoms with van der Waals surface area (Å²) in [5.74, 6) is -1.00. The number of H-pyrrole nitrogens is 1. The molecule has 0 aliphatic heterocycles. The van der Waals surface area contributed by atoms with Gasteiger partial charge < -0.3 is 0 Å². The fourth-order valence-electron chi connectivity index (χ4n) is 3.90. The fourth-order valence-corrected chi connectivity index (χ4v) is 4.11. The zero-order chi connectivity index (χ0) is 20.7. The number of halogens is 2. The van der Waals surface area contributed by atoms with E-state index in [4.69, 9.17) is 11.6 Å². The van der Waals surface area contributed by atoms with Gasteiger partial charge in [0.2, 0.25) is 0 Å². The molecular formula is C23H16ClFN4O. The second-order valence-electron chi connectivity index (χ2n) is 7.11. The zero-order valence-electron chi connectivity index (χ0n) is 15.7. The first-order valence-electron chi connectivity index (χ1n) is 9.48. The maximum absolute atomic E-state index is 13.8. The van der Waals surface area contributed by atoms with Crippen molar-refractivity contribution in [2.45, 2.75) is 12.8 Å². The molecule has 30 heavy (non-hydrogen) atoms. The number of hydrogen-bond donors (Lipinski definition) is 2. The van der Waals surface area contributed by atoms with Gasteiger partial charge in [0.05, 0.1) is 16.9 Å². The van der Waals surface area contributed by atoms with Gasteiger partial charge in [-0.25, -0.2) is 9.82 Å². The number of hydrogen-bond acceptors (Lipinski definition) is 3. The van der Waals surface area contributed by atoms with Gasteiger partial charge in [-0.2, -0.15) is 10.2 Å². The van der Waals surface area contributed by atoms with E-state index in [1.807, 2.05) is 6.07 Å². The summed E-state index contributed by atoms with van der Waals surface area (Å²) in [5, 5.41) is 13.5. The summed E-state index contributed by atoms with van der Waals surface area (Å²) in [5.41, 5.74) is 7.07. The van der Waals surface area contributed by atoms with Crippen molar-refractivity contribution in [2.24, 2.45) is 5.10 Å². The number of carbonyl (C=O) groups is 1. The summed E-state index contributed by atoms with van der Waals surface area (Å²) in [6.45, 7) is 0. The van der Waals surface area contributed by atoms with Gasteiger partial charge in [0.25, 0.3) is 5.91 Å². The summed E-state index contributed by atoms with van der Waals surface area (Å²) in [7, 11) is 0. The Bertz CT molecular complexity index is 1300. The standard InChI is InChI=1S/C23H16ClFN4O/c24-18-5-2-6-19(25)17(18)12-26-29-23(30)21-11-20(27-28-21)15-10-9-14-8-7-13-3-1-4-16(15)22(13)14/h1-6,9-12H,7-8H2,(H,27,28)(H,29,30)/b26-12+. The monoisotopic (exact) mass is 418 g/mol. The Morgan fingerprint density at radius 3 is 2.77 bits per heavy atom. The van der Waals surface area contributed by atoms with Crippen LogP contribution in [-0.2, 0) is 12.8 Å². The van der Waals surface area contributed by atoms with Gasteiger partial charge in [-0.15, -0.1) is 0 Å². The largest absolute Gasteiger partial charge is 0.289 e. The van der Waals surface area contributed by atoms with Crippen molar-refractivity contribution in [3.05, 3.63) is 87.8 Å². The Balaban J connectivity index is 1.39. The van der Waals surface area contributed by atoms with E-state index >= 15 is 0 Å². The Labute approximate surface area is 176 Å². The molecule has 1 aliphatic carbocycles. The van der Waals surface area contributed by atoms with Crippen LogP contribution in [0.15, 0.2) is 59.7 Å². The Morgan fingerprint density at radius 2 is 1.93 bits per heavy atom. The predicted molar refractivity (Wildman–Crippen MR) is 115 cm³/mol. The van der Waals surface area contributed by atoms with Crippen LogP contribution in [0.4, 0.5) is 4.39 Å². The molecule has 5 rings (SSSR count). The van der Waals surface area contributed by atoms with Gasteiger partial charge in [0, 0.05) is 11.1 Å². The van der Waals surface area contributed by atoms with Crippen LogP contribution in [-0.4, -0.2) is 22.3 Å². The lowest BCUT2D eigenvalue weighted by molar-refractivity contribution is 0.0950. The lowest BCUT2D eigenvalue weighted by atomic mass is 9.98. The molecule has 1 aliphatic rings. The average molecular weight is 419 g/mol.